The fourth-order valence-electron chi connectivity index (χ4n) is 2.57. The van der Waals surface area contributed by atoms with Crippen molar-refractivity contribution >= 4 is 40.1 Å². The normalized spacial score (nSPS) is 14.2. The van der Waals surface area contributed by atoms with E-state index in [0.717, 1.165) is 23.9 Å². The Balaban J connectivity index is 1.91. The molecule has 1 N–H and O–H groups in total. The molecule has 23 heavy (non-hydrogen) atoms. The Bertz CT molecular complexity index is 915. The minimum atomic E-state index is -0.100. The SMILES string of the molecule is O=C(NC1CC1)c1cc2cccnc2n1-c1ccc(Cl)c(Cl)c1. The molecule has 3 aromatic rings. The molecule has 1 fully saturated rings. The molecular formula is C17H13Cl2N3O. The number of benzene rings is 1. The third-order valence-electron chi connectivity index (χ3n) is 3.87. The molecule has 0 unspecified atom stereocenters. The van der Waals surface area contributed by atoms with Crippen molar-refractivity contribution < 1.29 is 4.79 Å². The first-order valence-electron chi connectivity index (χ1n) is 7.36. The quantitative estimate of drug-likeness (QED) is 0.772. The highest BCUT2D eigenvalue weighted by atomic mass is 35.5. The molecule has 6 heteroatoms. The summed E-state index contributed by atoms with van der Waals surface area (Å²) in [6, 6.07) is 11.2. The molecule has 0 saturated heterocycles. The minimum Gasteiger partial charge on any atom is -0.348 e. The lowest BCUT2D eigenvalue weighted by atomic mass is 10.3. The third kappa shape index (κ3) is 2.69. The predicted octanol–water partition coefficient (Wildman–Crippen LogP) is 4.22. The van der Waals surface area contributed by atoms with Crippen LogP contribution in [0.1, 0.15) is 23.3 Å². The van der Waals surface area contributed by atoms with Crippen molar-refractivity contribution in [3.05, 3.63) is 58.3 Å². The number of fused-ring (bicyclic) bond motifs is 1. The highest BCUT2D eigenvalue weighted by molar-refractivity contribution is 6.42. The Hall–Kier alpha value is -2.04. The summed E-state index contributed by atoms with van der Waals surface area (Å²) >= 11 is 12.1. The Morgan fingerprint density at radius 3 is 2.74 bits per heavy atom. The largest absolute Gasteiger partial charge is 0.348 e. The number of hydrogen-bond donors (Lipinski definition) is 1. The second kappa shape index (κ2) is 5.55. The van der Waals surface area contributed by atoms with Gasteiger partial charge in [-0.1, -0.05) is 23.2 Å². The number of hydrogen-bond acceptors (Lipinski definition) is 2. The second-order valence-corrected chi connectivity index (χ2v) is 6.44. The van der Waals surface area contributed by atoms with Crippen LogP contribution in [0.2, 0.25) is 10.0 Å². The molecule has 1 saturated carbocycles. The van der Waals surface area contributed by atoms with E-state index in [1.54, 1.807) is 18.3 Å². The highest BCUT2D eigenvalue weighted by Gasteiger charge is 2.26. The van der Waals surface area contributed by atoms with E-state index >= 15 is 0 Å². The molecular weight excluding hydrogens is 333 g/mol. The van der Waals surface area contributed by atoms with Gasteiger partial charge in [0.05, 0.1) is 10.0 Å². The number of halogens is 2. The fraction of sp³-hybridized carbons (Fsp3) is 0.176. The molecule has 4 rings (SSSR count). The molecule has 1 amide bonds. The van der Waals surface area contributed by atoms with E-state index in [9.17, 15) is 4.79 Å². The van der Waals surface area contributed by atoms with Crippen molar-refractivity contribution in [2.45, 2.75) is 18.9 Å². The van der Waals surface area contributed by atoms with Gasteiger partial charge in [0.25, 0.3) is 5.91 Å². The number of nitrogens with one attached hydrogen (secondary N) is 1. The fourth-order valence-corrected chi connectivity index (χ4v) is 2.87. The Kier molecular flexibility index (Phi) is 3.51. The second-order valence-electron chi connectivity index (χ2n) is 5.63. The van der Waals surface area contributed by atoms with E-state index in [4.69, 9.17) is 23.2 Å². The first-order valence-corrected chi connectivity index (χ1v) is 8.12. The van der Waals surface area contributed by atoms with Crippen LogP contribution in [0.25, 0.3) is 16.7 Å². The van der Waals surface area contributed by atoms with Crippen LogP contribution in [0.15, 0.2) is 42.6 Å². The molecule has 1 aromatic carbocycles. The van der Waals surface area contributed by atoms with Gasteiger partial charge in [-0.2, -0.15) is 0 Å². The molecule has 116 valence electrons. The monoisotopic (exact) mass is 345 g/mol. The molecule has 0 bridgehead atoms. The van der Waals surface area contributed by atoms with Crippen molar-refractivity contribution in [2.75, 3.05) is 0 Å². The summed E-state index contributed by atoms with van der Waals surface area (Å²) in [5, 5.41) is 4.84. The van der Waals surface area contributed by atoms with Crippen molar-refractivity contribution in [1.82, 2.24) is 14.9 Å². The van der Waals surface area contributed by atoms with Crippen LogP contribution in [-0.4, -0.2) is 21.5 Å². The van der Waals surface area contributed by atoms with Gasteiger partial charge in [-0.25, -0.2) is 4.98 Å². The summed E-state index contributed by atoms with van der Waals surface area (Å²) in [5.41, 5.74) is 2.02. The summed E-state index contributed by atoms with van der Waals surface area (Å²) in [6.07, 6.45) is 3.78. The summed E-state index contributed by atoms with van der Waals surface area (Å²) in [4.78, 5) is 17.0. The van der Waals surface area contributed by atoms with Gasteiger partial charge in [0, 0.05) is 23.3 Å². The van der Waals surface area contributed by atoms with E-state index in [1.807, 2.05) is 28.8 Å². The number of rotatable bonds is 3. The summed E-state index contributed by atoms with van der Waals surface area (Å²) in [6.45, 7) is 0. The molecule has 1 aliphatic carbocycles. The zero-order valence-corrected chi connectivity index (χ0v) is 13.6. The lowest BCUT2D eigenvalue weighted by molar-refractivity contribution is 0.0944. The van der Waals surface area contributed by atoms with Crippen LogP contribution in [0.4, 0.5) is 0 Å². The predicted molar refractivity (Wildman–Crippen MR) is 91.6 cm³/mol. The first-order chi connectivity index (χ1) is 11.1. The van der Waals surface area contributed by atoms with Crippen molar-refractivity contribution in [1.29, 1.82) is 0 Å². The Morgan fingerprint density at radius 1 is 1.17 bits per heavy atom. The third-order valence-corrected chi connectivity index (χ3v) is 4.61. The van der Waals surface area contributed by atoms with Crippen LogP contribution in [0.3, 0.4) is 0 Å². The molecule has 4 nitrogen and oxygen atoms in total. The zero-order valence-electron chi connectivity index (χ0n) is 12.1. The van der Waals surface area contributed by atoms with E-state index in [0.29, 0.717) is 21.4 Å². The summed E-state index contributed by atoms with van der Waals surface area (Å²) in [7, 11) is 0. The maximum Gasteiger partial charge on any atom is 0.268 e. The smallest absolute Gasteiger partial charge is 0.268 e. The molecule has 2 aromatic heterocycles. The molecule has 0 atom stereocenters. The van der Waals surface area contributed by atoms with Gasteiger partial charge in [-0.3, -0.25) is 9.36 Å². The molecule has 2 heterocycles. The summed E-state index contributed by atoms with van der Waals surface area (Å²) in [5.74, 6) is -0.100. The number of carbonyl (C=O) groups is 1. The summed E-state index contributed by atoms with van der Waals surface area (Å²) < 4.78 is 1.81. The topological polar surface area (TPSA) is 46.9 Å². The average molecular weight is 346 g/mol. The lowest BCUT2D eigenvalue weighted by Crippen LogP contribution is -2.27. The Morgan fingerprint density at radius 2 is 2.00 bits per heavy atom. The molecule has 0 spiro atoms. The van der Waals surface area contributed by atoms with Crippen LogP contribution in [0, 0.1) is 0 Å². The van der Waals surface area contributed by atoms with Crippen LogP contribution in [-0.2, 0) is 0 Å². The maximum absolute atomic E-state index is 12.6. The lowest BCUT2D eigenvalue weighted by Gasteiger charge is -2.11. The Labute approximate surface area is 143 Å². The van der Waals surface area contributed by atoms with Gasteiger partial charge >= 0.3 is 0 Å². The van der Waals surface area contributed by atoms with Gasteiger partial charge in [-0.15, -0.1) is 0 Å². The van der Waals surface area contributed by atoms with E-state index in [1.165, 1.54) is 0 Å². The van der Waals surface area contributed by atoms with Gasteiger partial charge in [0.2, 0.25) is 0 Å². The number of nitrogens with zero attached hydrogens (tertiary/aromatic N) is 2. The van der Waals surface area contributed by atoms with Gasteiger partial charge in [-0.05, 0) is 49.2 Å². The number of carbonyl (C=O) groups excluding carboxylic acids is 1. The van der Waals surface area contributed by atoms with Crippen molar-refractivity contribution in [2.24, 2.45) is 0 Å². The molecule has 0 aliphatic heterocycles. The van der Waals surface area contributed by atoms with Crippen LogP contribution >= 0.6 is 23.2 Å². The number of amides is 1. The standard InChI is InChI=1S/C17H13Cl2N3O/c18-13-6-5-12(9-14(13)19)22-15(17(23)21-11-3-4-11)8-10-2-1-7-20-16(10)22/h1-2,5-9,11H,3-4H2,(H,21,23). The van der Waals surface area contributed by atoms with E-state index in [-0.39, 0.29) is 11.9 Å². The number of pyridine rings is 1. The molecule has 1 aliphatic rings. The van der Waals surface area contributed by atoms with E-state index < -0.39 is 0 Å². The van der Waals surface area contributed by atoms with Gasteiger partial charge in [0.15, 0.2) is 0 Å². The molecule has 0 radical (unpaired) electrons. The number of aromatic nitrogens is 2. The minimum absolute atomic E-state index is 0.100. The van der Waals surface area contributed by atoms with Crippen molar-refractivity contribution in [3.63, 3.8) is 0 Å². The highest BCUT2D eigenvalue weighted by Crippen LogP contribution is 2.29. The zero-order chi connectivity index (χ0) is 16.0. The van der Waals surface area contributed by atoms with Crippen LogP contribution in [0.5, 0.6) is 0 Å². The average Bonchev–Trinajstić information content (AvgIpc) is 3.27. The first kappa shape index (κ1) is 14.5. The van der Waals surface area contributed by atoms with Gasteiger partial charge in [0.1, 0.15) is 11.3 Å². The van der Waals surface area contributed by atoms with Crippen LogP contribution < -0.4 is 5.32 Å². The maximum atomic E-state index is 12.6. The van der Waals surface area contributed by atoms with E-state index in [2.05, 4.69) is 10.3 Å². The van der Waals surface area contributed by atoms with Crippen molar-refractivity contribution in [3.8, 4) is 5.69 Å². The van der Waals surface area contributed by atoms with Gasteiger partial charge < -0.3 is 5.32 Å².